The Hall–Kier alpha value is -3.00. The van der Waals surface area contributed by atoms with E-state index in [0.717, 1.165) is 11.1 Å². The molecule has 0 bridgehead atoms. The van der Waals surface area contributed by atoms with Gasteiger partial charge in [0, 0.05) is 18.2 Å². The van der Waals surface area contributed by atoms with Crippen LogP contribution in [0.4, 0.5) is 10.2 Å². The van der Waals surface area contributed by atoms with Gasteiger partial charge in [0.25, 0.3) is 0 Å². The maximum atomic E-state index is 14.3. The average Bonchev–Trinajstić information content (AvgIpc) is 3.08. The number of nitrogens with zero attached hydrogens (tertiary/aromatic N) is 4. The number of hydrogen-bond donors (Lipinski definition) is 2. The van der Waals surface area contributed by atoms with Crippen LogP contribution in [0.1, 0.15) is 20.8 Å². The number of benzene rings is 1. The zero-order valence-corrected chi connectivity index (χ0v) is 17.9. The third-order valence-corrected chi connectivity index (χ3v) is 4.83. The summed E-state index contributed by atoms with van der Waals surface area (Å²) in [6, 6.07) is 8.24. The van der Waals surface area contributed by atoms with Crippen molar-refractivity contribution in [2.45, 2.75) is 20.8 Å². The molecule has 0 aliphatic heterocycles. The highest BCUT2D eigenvalue weighted by atomic mass is 79.9. The Morgan fingerprint density at radius 3 is 2.72 bits per heavy atom. The van der Waals surface area contributed by atoms with Gasteiger partial charge in [0.2, 0.25) is 0 Å². The van der Waals surface area contributed by atoms with Gasteiger partial charge in [-0.2, -0.15) is 9.61 Å². The monoisotopic (exact) mass is 457 g/mol. The number of oxime groups is 1. The molecule has 29 heavy (non-hydrogen) atoms. The second kappa shape index (κ2) is 9.00. The molecule has 0 saturated carbocycles. The van der Waals surface area contributed by atoms with E-state index in [1.165, 1.54) is 6.07 Å². The number of halogens is 2. The topological polar surface area (TPSA) is 74.8 Å². The molecular formula is C21H21BrFN5O. The molecule has 2 heterocycles. The first kappa shape index (κ1) is 20.7. The van der Waals surface area contributed by atoms with E-state index in [4.69, 9.17) is 0 Å². The van der Waals surface area contributed by atoms with Crippen LogP contribution in [0.2, 0.25) is 0 Å². The first-order valence-electron chi connectivity index (χ1n) is 8.97. The molecule has 0 unspecified atom stereocenters. The van der Waals surface area contributed by atoms with Gasteiger partial charge in [0.05, 0.1) is 22.1 Å². The lowest BCUT2D eigenvalue weighted by Gasteiger charge is -2.13. The van der Waals surface area contributed by atoms with Crippen molar-refractivity contribution in [2.24, 2.45) is 5.16 Å². The van der Waals surface area contributed by atoms with Crippen LogP contribution in [0.25, 0.3) is 16.9 Å². The molecule has 150 valence electrons. The lowest BCUT2D eigenvalue weighted by Crippen LogP contribution is -2.14. The van der Waals surface area contributed by atoms with Crippen molar-refractivity contribution in [2.75, 3.05) is 11.9 Å². The summed E-state index contributed by atoms with van der Waals surface area (Å²) in [5, 5.41) is 20.1. The van der Waals surface area contributed by atoms with Gasteiger partial charge in [-0.25, -0.2) is 9.37 Å². The number of anilines is 1. The van der Waals surface area contributed by atoms with Crippen LogP contribution < -0.4 is 5.32 Å². The van der Waals surface area contributed by atoms with E-state index >= 15 is 0 Å². The van der Waals surface area contributed by atoms with Gasteiger partial charge in [0.15, 0.2) is 5.65 Å². The van der Waals surface area contributed by atoms with Crippen LogP contribution in [0.3, 0.4) is 0 Å². The minimum absolute atomic E-state index is 0.349. The van der Waals surface area contributed by atoms with E-state index in [9.17, 15) is 9.60 Å². The molecule has 0 saturated heterocycles. The summed E-state index contributed by atoms with van der Waals surface area (Å²) in [5.41, 5.74) is 3.88. The number of allylic oxidation sites excluding steroid dienone is 3. The van der Waals surface area contributed by atoms with E-state index in [1.54, 1.807) is 41.9 Å². The summed E-state index contributed by atoms with van der Waals surface area (Å²) < 4.78 is 16.7. The molecule has 0 fully saturated rings. The Labute approximate surface area is 176 Å². The van der Waals surface area contributed by atoms with Gasteiger partial charge >= 0.3 is 0 Å². The molecule has 0 aliphatic carbocycles. The first-order chi connectivity index (χ1) is 13.9. The second-order valence-corrected chi connectivity index (χ2v) is 7.56. The van der Waals surface area contributed by atoms with Crippen LogP contribution >= 0.6 is 15.9 Å². The molecule has 6 nitrogen and oxygen atoms in total. The van der Waals surface area contributed by atoms with Gasteiger partial charge in [0.1, 0.15) is 11.6 Å². The van der Waals surface area contributed by atoms with E-state index in [0.29, 0.717) is 39.5 Å². The van der Waals surface area contributed by atoms with E-state index in [-0.39, 0.29) is 5.82 Å². The number of rotatable bonds is 6. The smallest absolute Gasteiger partial charge is 0.172 e. The summed E-state index contributed by atoms with van der Waals surface area (Å²) in [7, 11) is 0. The highest BCUT2D eigenvalue weighted by Gasteiger charge is 2.14. The van der Waals surface area contributed by atoms with Crippen molar-refractivity contribution >= 4 is 33.1 Å². The van der Waals surface area contributed by atoms with Crippen LogP contribution in [0, 0.1) is 5.82 Å². The molecule has 8 heteroatoms. The second-order valence-electron chi connectivity index (χ2n) is 6.71. The molecular weight excluding hydrogens is 437 g/mol. The van der Waals surface area contributed by atoms with Crippen molar-refractivity contribution in [3.63, 3.8) is 0 Å². The standard InChI is InChI=1S/C21H21BrFN5O/c1-13(2)8-9-15(14(3)27-29)11-24-20-10-19(16-6-4-5-7-18(16)23)26-21-17(22)12-25-28(20)21/h4-10,12,24,29H,11H2,1-3H3/b15-9-,27-14+. The maximum absolute atomic E-state index is 14.3. The lowest BCUT2D eigenvalue weighted by atomic mass is 10.1. The number of fused-ring (bicyclic) bond motifs is 1. The van der Waals surface area contributed by atoms with Gasteiger partial charge in [-0.3, -0.25) is 0 Å². The summed E-state index contributed by atoms with van der Waals surface area (Å²) in [4.78, 5) is 4.55. The first-order valence-corrected chi connectivity index (χ1v) is 9.76. The predicted octanol–water partition coefficient (Wildman–Crippen LogP) is 5.45. The van der Waals surface area contributed by atoms with Crippen molar-refractivity contribution in [3.8, 4) is 11.3 Å². The van der Waals surface area contributed by atoms with Gasteiger partial charge < -0.3 is 10.5 Å². The fourth-order valence-corrected chi connectivity index (χ4v) is 3.04. The minimum atomic E-state index is -0.349. The van der Waals surface area contributed by atoms with Crippen molar-refractivity contribution in [1.82, 2.24) is 14.6 Å². The Morgan fingerprint density at radius 2 is 2.03 bits per heavy atom. The van der Waals surface area contributed by atoms with Crippen LogP contribution in [0.15, 0.2) is 69.5 Å². The quantitative estimate of drug-likeness (QED) is 0.223. The van der Waals surface area contributed by atoms with E-state index in [1.807, 2.05) is 26.0 Å². The molecule has 0 radical (unpaired) electrons. The molecule has 2 aromatic heterocycles. The SMILES string of the molecule is CC(C)=C/C=C(CNc1cc(-c2ccccc2F)nc2c(Br)cnn12)\C(C)=N\O. The van der Waals surface area contributed by atoms with Crippen molar-refractivity contribution in [1.29, 1.82) is 0 Å². The zero-order chi connectivity index (χ0) is 21.0. The van der Waals surface area contributed by atoms with Gasteiger partial charge in [-0.1, -0.05) is 35.0 Å². The molecule has 0 aliphatic rings. The van der Waals surface area contributed by atoms with E-state index < -0.39 is 0 Å². The summed E-state index contributed by atoms with van der Waals surface area (Å²) >= 11 is 3.44. The minimum Gasteiger partial charge on any atom is -0.411 e. The highest BCUT2D eigenvalue weighted by Crippen LogP contribution is 2.27. The summed E-state index contributed by atoms with van der Waals surface area (Å²) in [6.07, 6.45) is 5.48. The molecule has 3 rings (SSSR count). The van der Waals surface area contributed by atoms with Crippen LogP contribution in [-0.4, -0.2) is 32.1 Å². The van der Waals surface area contributed by atoms with Gasteiger partial charge in [-0.05, 0) is 54.4 Å². The predicted molar refractivity (Wildman–Crippen MR) is 117 cm³/mol. The largest absolute Gasteiger partial charge is 0.411 e. The normalized spacial score (nSPS) is 12.3. The Morgan fingerprint density at radius 1 is 1.28 bits per heavy atom. The summed E-state index contributed by atoms with van der Waals surface area (Å²) in [6.45, 7) is 6.08. The summed E-state index contributed by atoms with van der Waals surface area (Å²) in [5.74, 6) is 0.283. The Bertz CT molecular complexity index is 1130. The van der Waals surface area contributed by atoms with Crippen molar-refractivity contribution < 1.29 is 9.60 Å². The van der Waals surface area contributed by atoms with Crippen LogP contribution in [-0.2, 0) is 0 Å². The molecule has 0 amide bonds. The maximum Gasteiger partial charge on any atom is 0.172 e. The third kappa shape index (κ3) is 4.71. The molecule has 1 aromatic carbocycles. The molecule has 0 atom stereocenters. The Balaban J connectivity index is 2.03. The fourth-order valence-electron chi connectivity index (χ4n) is 2.69. The third-order valence-electron chi connectivity index (χ3n) is 4.27. The van der Waals surface area contributed by atoms with E-state index in [2.05, 4.69) is 36.5 Å². The fraction of sp³-hybridized carbons (Fsp3) is 0.190. The average molecular weight is 458 g/mol. The molecule has 2 N–H and O–H groups in total. The van der Waals surface area contributed by atoms with Crippen molar-refractivity contribution in [3.05, 3.63) is 70.1 Å². The highest BCUT2D eigenvalue weighted by molar-refractivity contribution is 9.10. The lowest BCUT2D eigenvalue weighted by molar-refractivity contribution is 0.319. The molecule has 3 aromatic rings. The number of aromatic nitrogens is 3. The van der Waals surface area contributed by atoms with Crippen LogP contribution in [0.5, 0.6) is 0 Å². The molecule has 0 spiro atoms. The number of hydrogen-bond acceptors (Lipinski definition) is 5. The van der Waals surface area contributed by atoms with Gasteiger partial charge in [-0.15, -0.1) is 0 Å². The number of nitrogens with one attached hydrogen (secondary N) is 1. The zero-order valence-electron chi connectivity index (χ0n) is 16.3. The Kier molecular flexibility index (Phi) is 6.43.